The summed E-state index contributed by atoms with van der Waals surface area (Å²) in [6.07, 6.45) is -0.978. The fraction of sp³-hybridized carbons (Fsp3) is 0.167. The van der Waals surface area contributed by atoms with Crippen LogP contribution in [0.4, 0.5) is 18.9 Å². The van der Waals surface area contributed by atoms with Gasteiger partial charge in [-0.1, -0.05) is 0 Å². The Labute approximate surface area is 182 Å². The number of alkyl halides is 3. The zero-order valence-electron chi connectivity index (χ0n) is 21.1. The maximum absolute atomic E-state index is 13.2. The molecule has 4 rings (SSSR count). The number of pyridine rings is 1. The molecule has 13 heteroatoms. The van der Waals surface area contributed by atoms with Crippen LogP contribution in [-0.4, -0.2) is 40.0 Å². The second kappa shape index (κ2) is 7.27. The fourth-order valence-electron chi connectivity index (χ4n) is 2.77. The molecule has 0 fully saturated rings. The van der Waals surface area contributed by atoms with Crippen LogP contribution in [0, 0.1) is 0 Å². The molecule has 0 aliphatic heterocycles. The standard InChI is InChI=1S/C18H15F3N6O3S/c1-26-17-11(8-23-26)3-4-14(30-2)16(17)25-31(28,29)13-9-24-27(10-13)15-7-12(5-6-22-15)18(19,20)21/h3-10,25H,1-2H3/i1D3,2D3. The smallest absolute Gasteiger partial charge is 0.416 e. The van der Waals surface area contributed by atoms with Crippen LogP contribution in [0.15, 0.2) is 53.9 Å². The van der Waals surface area contributed by atoms with Crippen LogP contribution >= 0.6 is 0 Å². The number of aryl methyl sites for hydroxylation is 1. The second-order valence-electron chi connectivity index (χ2n) is 6.16. The molecular weight excluding hydrogens is 437 g/mol. The number of anilines is 1. The Balaban J connectivity index is 1.80. The SMILES string of the molecule is [2H]C([2H])([2H])Oc1ccc2cnn(C([2H])([2H])[2H])c2c1NS(=O)(=O)c1cnn(-c2cc(C(F)(F)F)ccn2)c1. The Morgan fingerprint density at radius 3 is 2.77 bits per heavy atom. The number of sulfonamides is 1. The van der Waals surface area contributed by atoms with E-state index >= 15 is 0 Å². The van der Waals surface area contributed by atoms with E-state index in [9.17, 15) is 21.6 Å². The highest BCUT2D eigenvalue weighted by molar-refractivity contribution is 7.92. The molecule has 0 unspecified atom stereocenters. The number of hydrogen-bond donors (Lipinski definition) is 1. The van der Waals surface area contributed by atoms with Crippen LogP contribution < -0.4 is 9.46 Å². The van der Waals surface area contributed by atoms with Crippen molar-refractivity contribution in [2.75, 3.05) is 11.8 Å². The van der Waals surface area contributed by atoms with Crippen LogP contribution in [0.2, 0.25) is 0 Å². The van der Waals surface area contributed by atoms with Crippen LogP contribution in [0.1, 0.15) is 13.8 Å². The lowest BCUT2D eigenvalue weighted by atomic mass is 10.2. The van der Waals surface area contributed by atoms with Gasteiger partial charge in [0.2, 0.25) is 0 Å². The van der Waals surface area contributed by atoms with Crippen molar-refractivity contribution >= 4 is 26.6 Å². The number of hydrogen-bond acceptors (Lipinski definition) is 6. The van der Waals surface area contributed by atoms with Crippen LogP contribution in [-0.2, 0) is 23.2 Å². The van der Waals surface area contributed by atoms with Crippen LogP contribution in [0.25, 0.3) is 16.7 Å². The van der Waals surface area contributed by atoms with E-state index in [1.807, 2.05) is 0 Å². The third-order valence-electron chi connectivity index (χ3n) is 4.22. The Kier molecular flexibility index (Phi) is 3.38. The molecule has 9 nitrogen and oxygen atoms in total. The van der Waals surface area contributed by atoms with Crippen LogP contribution in [0.3, 0.4) is 0 Å². The molecule has 0 saturated carbocycles. The summed E-state index contributed by atoms with van der Waals surface area (Å²) >= 11 is 0. The Bertz CT molecular complexity index is 1580. The van der Waals surface area contributed by atoms with E-state index in [0.29, 0.717) is 10.7 Å². The molecule has 0 atom stereocenters. The number of halogens is 3. The molecular formula is C18H15F3N6O3S. The Hall–Kier alpha value is -3.61. The van der Waals surface area contributed by atoms with Gasteiger partial charge in [-0.3, -0.25) is 9.40 Å². The third kappa shape index (κ3) is 3.79. The fourth-order valence-corrected chi connectivity index (χ4v) is 3.77. The van der Waals surface area contributed by atoms with Crippen molar-refractivity contribution in [3.05, 3.63) is 54.6 Å². The maximum atomic E-state index is 13.2. The quantitative estimate of drug-likeness (QED) is 0.493. The lowest BCUT2D eigenvalue weighted by Gasteiger charge is -2.13. The first-order valence-electron chi connectivity index (χ1n) is 11.3. The minimum Gasteiger partial charge on any atom is -0.494 e. The number of aromatic nitrogens is 5. The molecule has 1 aromatic carbocycles. The van der Waals surface area contributed by atoms with Crippen molar-refractivity contribution < 1.29 is 34.6 Å². The zero-order valence-corrected chi connectivity index (χ0v) is 15.9. The topological polar surface area (TPSA) is 104 Å². The maximum Gasteiger partial charge on any atom is 0.416 e. The molecule has 0 radical (unpaired) electrons. The minimum absolute atomic E-state index is 0.149. The zero-order chi connectivity index (χ0) is 27.4. The molecule has 0 aliphatic carbocycles. The first kappa shape index (κ1) is 14.4. The second-order valence-corrected chi connectivity index (χ2v) is 7.84. The molecule has 31 heavy (non-hydrogen) atoms. The first-order chi connectivity index (χ1) is 17.0. The lowest BCUT2D eigenvalue weighted by Crippen LogP contribution is -2.14. The summed E-state index contributed by atoms with van der Waals surface area (Å²) in [6, 6.07) is 3.80. The highest BCUT2D eigenvalue weighted by Gasteiger charge is 2.31. The monoisotopic (exact) mass is 458 g/mol. The van der Waals surface area contributed by atoms with E-state index < -0.39 is 52.1 Å². The molecule has 0 spiro atoms. The van der Waals surface area contributed by atoms with E-state index in [1.165, 1.54) is 6.07 Å². The van der Waals surface area contributed by atoms with Crippen molar-refractivity contribution in [2.45, 2.75) is 11.1 Å². The normalized spacial score (nSPS) is 16.0. The van der Waals surface area contributed by atoms with Gasteiger partial charge in [-0.15, -0.1) is 0 Å². The summed E-state index contributed by atoms with van der Waals surface area (Å²) in [5.74, 6) is -0.848. The number of ether oxygens (including phenoxy) is 1. The van der Waals surface area contributed by atoms with Gasteiger partial charge in [0.1, 0.15) is 16.3 Å². The first-order valence-corrected chi connectivity index (χ1v) is 9.75. The number of fused-ring (bicyclic) bond motifs is 1. The number of rotatable bonds is 5. The summed E-state index contributed by atoms with van der Waals surface area (Å²) < 4.78 is 119. The minimum atomic E-state index is -4.68. The van der Waals surface area contributed by atoms with Crippen molar-refractivity contribution in [1.29, 1.82) is 0 Å². The van der Waals surface area contributed by atoms with Gasteiger partial charge in [0.25, 0.3) is 10.0 Å². The van der Waals surface area contributed by atoms with Gasteiger partial charge >= 0.3 is 6.18 Å². The molecule has 1 N–H and O–H groups in total. The van der Waals surface area contributed by atoms with E-state index in [2.05, 4.69) is 19.9 Å². The largest absolute Gasteiger partial charge is 0.494 e. The van der Waals surface area contributed by atoms with E-state index in [1.54, 1.807) is 0 Å². The lowest BCUT2D eigenvalue weighted by molar-refractivity contribution is -0.137. The third-order valence-corrected chi connectivity index (χ3v) is 5.52. The van der Waals surface area contributed by atoms with E-state index in [4.69, 9.17) is 13.0 Å². The number of benzene rings is 1. The number of nitrogens with zero attached hydrogens (tertiary/aromatic N) is 5. The molecule has 0 amide bonds. The summed E-state index contributed by atoms with van der Waals surface area (Å²) in [5.41, 5.74) is -1.86. The summed E-state index contributed by atoms with van der Waals surface area (Å²) in [5, 5.41) is 7.64. The predicted octanol–water partition coefficient (Wildman–Crippen LogP) is 2.98. The van der Waals surface area contributed by atoms with Crippen molar-refractivity contribution in [3.63, 3.8) is 0 Å². The molecule has 0 aliphatic rings. The highest BCUT2D eigenvalue weighted by Crippen LogP contribution is 2.34. The van der Waals surface area contributed by atoms with Gasteiger partial charge in [-0.2, -0.15) is 23.4 Å². The van der Waals surface area contributed by atoms with Gasteiger partial charge in [0.15, 0.2) is 5.82 Å². The molecule has 0 saturated heterocycles. The van der Waals surface area contributed by atoms with Gasteiger partial charge in [0.05, 0.1) is 40.8 Å². The van der Waals surface area contributed by atoms with E-state index in [-0.39, 0.29) is 16.7 Å². The van der Waals surface area contributed by atoms with Crippen molar-refractivity contribution in [1.82, 2.24) is 24.5 Å². The molecule has 4 aromatic rings. The van der Waals surface area contributed by atoms with Crippen LogP contribution in [0.5, 0.6) is 5.75 Å². The Morgan fingerprint density at radius 1 is 1.19 bits per heavy atom. The average molecular weight is 458 g/mol. The molecule has 3 heterocycles. The average Bonchev–Trinajstić information content (AvgIpc) is 3.42. The van der Waals surface area contributed by atoms with Gasteiger partial charge in [-0.25, -0.2) is 18.1 Å². The van der Waals surface area contributed by atoms with Gasteiger partial charge in [0, 0.05) is 22.7 Å². The van der Waals surface area contributed by atoms with Gasteiger partial charge in [-0.05, 0) is 24.3 Å². The molecule has 0 bridgehead atoms. The molecule has 3 aromatic heterocycles. The summed E-state index contributed by atoms with van der Waals surface area (Å²) in [6.45, 7) is -2.87. The molecule has 162 valence electrons. The highest BCUT2D eigenvalue weighted by atomic mass is 32.2. The number of nitrogens with one attached hydrogen (secondary N) is 1. The van der Waals surface area contributed by atoms with E-state index in [0.717, 1.165) is 41.6 Å². The van der Waals surface area contributed by atoms with Crippen molar-refractivity contribution in [2.24, 2.45) is 6.98 Å². The summed E-state index contributed by atoms with van der Waals surface area (Å²) in [7, 11) is -7.65. The number of methoxy groups -OCH3 is 1. The summed E-state index contributed by atoms with van der Waals surface area (Å²) in [4.78, 5) is 3.21. The van der Waals surface area contributed by atoms with Gasteiger partial charge < -0.3 is 4.74 Å². The Morgan fingerprint density at radius 2 is 2.03 bits per heavy atom. The van der Waals surface area contributed by atoms with Crippen molar-refractivity contribution in [3.8, 4) is 11.6 Å². The predicted molar refractivity (Wildman–Crippen MR) is 104 cm³/mol.